The number of piperidine rings is 2. The van der Waals surface area contributed by atoms with E-state index in [1.165, 1.54) is 0 Å². The van der Waals surface area contributed by atoms with Crippen LogP contribution in [-0.2, 0) is 19.6 Å². The van der Waals surface area contributed by atoms with Crippen molar-refractivity contribution in [3.05, 3.63) is 30.3 Å². The summed E-state index contributed by atoms with van der Waals surface area (Å²) in [5, 5.41) is 0. The largest absolute Gasteiger partial charge is 0.378 e. The molecule has 154 valence electrons. The fourth-order valence-electron chi connectivity index (χ4n) is 4.94. The number of sulfonamides is 1. The van der Waals surface area contributed by atoms with Crippen LogP contribution in [0.5, 0.6) is 0 Å². The average Bonchev–Trinajstić information content (AvgIpc) is 2.74. The number of carbonyl (C=O) groups excluding carboxylic acids is 1. The molecule has 28 heavy (non-hydrogen) atoms. The monoisotopic (exact) mass is 407 g/mol. The summed E-state index contributed by atoms with van der Waals surface area (Å²) < 4.78 is 33.9. The Hall–Kier alpha value is -1.48. The summed E-state index contributed by atoms with van der Waals surface area (Å²) in [4.78, 5) is 18.0. The van der Waals surface area contributed by atoms with Crippen LogP contribution in [0.15, 0.2) is 35.2 Å². The minimum absolute atomic E-state index is 0.113. The first kappa shape index (κ1) is 19.8. The van der Waals surface area contributed by atoms with Gasteiger partial charge in [-0.25, -0.2) is 8.42 Å². The van der Waals surface area contributed by atoms with Crippen molar-refractivity contribution in [1.29, 1.82) is 0 Å². The van der Waals surface area contributed by atoms with E-state index >= 15 is 0 Å². The van der Waals surface area contributed by atoms with Crippen LogP contribution in [-0.4, -0.2) is 87.5 Å². The summed E-state index contributed by atoms with van der Waals surface area (Å²) >= 11 is 0. The molecule has 8 heteroatoms. The van der Waals surface area contributed by atoms with E-state index in [0.717, 1.165) is 13.0 Å². The standard InChI is InChI=1S/C20H29N3O4S/c1-21-11-9-20(19(24)22-12-14-27-15-13-22)8-5-10-23(18(20)16-21)28(25,26)17-6-3-2-4-7-17/h2-4,6-7,18H,5,8-16H2,1H3/t18-,20+/m0/s1. The lowest BCUT2D eigenvalue weighted by molar-refractivity contribution is -0.156. The summed E-state index contributed by atoms with van der Waals surface area (Å²) in [6.45, 7) is 4.15. The normalized spacial score (nSPS) is 30.0. The van der Waals surface area contributed by atoms with Crippen LogP contribution in [0.2, 0.25) is 0 Å². The maximum Gasteiger partial charge on any atom is 0.243 e. The lowest BCUT2D eigenvalue weighted by Crippen LogP contribution is -2.67. The van der Waals surface area contributed by atoms with Crippen molar-refractivity contribution in [3.8, 4) is 0 Å². The van der Waals surface area contributed by atoms with Crippen LogP contribution < -0.4 is 0 Å². The van der Waals surface area contributed by atoms with Crippen LogP contribution in [0.3, 0.4) is 0 Å². The molecule has 0 aromatic heterocycles. The first-order chi connectivity index (χ1) is 13.4. The predicted octanol–water partition coefficient (Wildman–Crippen LogP) is 1.02. The smallest absolute Gasteiger partial charge is 0.243 e. The lowest BCUT2D eigenvalue weighted by atomic mass is 9.68. The Morgan fingerprint density at radius 1 is 1.07 bits per heavy atom. The molecule has 0 saturated carbocycles. The number of likely N-dealkylation sites (tertiary alicyclic amines) is 1. The molecule has 3 heterocycles. The number of benzene rings is 1. The molecule has 1 aromatic carbocycles. The molecule has 3 saturated heterocycles. The van der Waals surface area contributed by atoms with E-state index in [4.69, 9.17) is 4.74 Å². The van der Waals surface area contributed by atoms with Gasteiger partial charge in [-0.3, -0.25) is 4.79 Å². The summed E-state index contributed by atoms with van der Waals surface area (Å²) in [6.07, 6.45) is 2.16. The molecule has 1 aromatic rings. The molecule has 0 spiro atoms. The minimum atomic E-state index is -3.65. The Bertz CT molecular complexity index is 810. The zero-order chi connectivity index (χ0) is 19.8. The molecular formula is C20H29N3O4S. The summed E-state index contributed by atoms with van der Waals surface area (Å²) in [5.74, 6) is 0.113. The van der Waals surface area contributed by atoms with Crippen LogP contribution in [0.1, 0.15) is 19.3 Å². The van der Waals surface area contributed by atoms with Crippen molar-refractivity contribution in [2.24, 2.45) is 5.41 Å². The highest BCUT2D eigenvalue weighted by Crippen LogP contribution is 2.45. The Balaban J connectivity index is 1.71. The fraction of sp³-hybridized carbons (Fsp3) is 0.650. The molecule has 3 aliphatic heterocycles. The van der Waals surface area contributed by atoms with E-state index in [1.54, 1.807) is 28.6 Å². The van der Waals surface area contributed by atoms with Gasteiger partial charge < -0.3 is 14.5 Å². The molecule has 7 nitrogen and oxygen atoms in total. The number of carbonyl (C=O) groups is 1. The highest BCUT2D eigenvalue weighted by Gasteiger charge is 2.56. The molecule has 4 rings (SSSR count). The number of fused-ring (bicyclic) bond motifs is 1. The zero-order valence-electron chi connectivity index (χ0n) is 16.4. The first-order valence-corrected chi connectivity index (χ1v) is 11.5. The average molecular weight is 408 g/mol. The molecule has 0 unspecified atom stereocenters. The van der Waals surface area contributed by atoms with Gasteiger partial charge in [0.05, 0.1) is 29.6 Å². The van der Waals surface area contributed by atoms with E-state index < -0.39 is 15.4 Å². The van der Waals surface area contributed by atoms with E-state index in [1.807, 2.05) is 18.0 Å². The quantitative estimate of drug-likeness (QED) is 0.748. The van der Waals surface area contributed by atoms with Crippen LogP contribution in [0, 0.1) is 5.41 Å². The number of morpholine rings is 1. The Morgan fingerprint density at radius 3 is 2.50 bits per heavy atom. The van der Waals surface area contributed by atoms with Gasteiger partial charge in [0.25, 0.3) is 0 Å². The van der Waals surface area contributed by atoms with Crippen molar-refractivity contribution < 1.29 is 17.9 Å². The van der Waals surface area contributed by atoms with Crippen molar-refractivity contribution in [3.63, 3.8) is 0 Å². The van der Waals surface area contributed by atoms with E-state index in [0.29, 0.717) is 57.1 Å². The number of hydrogen-bond donors (Lipinski definition) is 0. The lowest BCUT2D eigenvalue weighted by Gasteiger charge is -2.54. The molecule has 2 atom stereocenters. The summed E-state index contributed by atoms with van der Waals surface area (Å²) in [5.41, 5.74) is -0.635. The van der Waals surface area contributed by atoms with Crippen molar-refractivity contribution in [2.45, 2.75) is 30.2 Å². The Kier molecular flexibility index (Phi) is 5.48. The van der Waals surface area contributed by atoms with Gasteiger partial charge in [-0.2, -0.15) is 4.31 Å². The SMILES string of the molecule is CN1CC[C@]2(C(=O)N3CCOCC3)CCCN(S(=O)(=O)c3ccccc3)[C@H]2C1. The Labute approximate surface area is 167 Å². The third-order valence-electron chi connectivity index (χ3n) is 6.49. The molecule has 0 N–H and O–H groups in total. The van der Waals surface area contributed by atoms with Gasteiger partial charge in [-0.05, 0) is 45.0 Å². The molecule has 0 bridgehead atoms. The maximum absolute atomic E-state index is 13.7. The third kappa shape index (κ3) is 3.36. The number of amides is 1. The van der Waals surface area contributed by atoms with Gasteiger partial charge in [-0.15, -0.1) is 0 Å². The van der Waals surface area contributed by atoms with Gasteiger partial charge in [0.1, 0.15) is 0 Å². The van der Waals surface area contributed by atoms with Crippen LogP contribution in [0.25, 0.3) is 0 Å². The van der Waals surface area contributed by atoms with Gasteiger partial charge in [-0.1, -0.05) is 18.2 Å². The van der Waals surface area contributed by atoms with Gasteiger partial charge in [0, 0.05) is 26.2 Å². The molecule has 0 radical (unpaired) electrons. The summed E-state index contributed by atoms with van der Waals surface area (Å²) in [7, 11) is -1.64. The number of likely N-dealkylation sites (N-methyl/N-ethyl adjacent to an activating group) is 1. The van der Waals surface area contributed by atoms with E-state index in [-0.39, 0.29) is 11.9 Å². The number of hydrogen-bond acceptors (Lipinski definition) is 5. The Morgan fingerprint density at radius 2 is 1.79 bits per heavy atom. The molecule has 1 amide bonds. The van der Waals surface area contributed by atoms with Crippen LogP contribution in [0.4, 0.5) is 0 Å². The van der Waals surface area contributed by atoms with E-state index in [2.05, 4.69) is 4.90 Å². The second-order valence-corrected chi connectivity index (χ2v) is 10.0. The van der Waals surface area contributed by atoms with E-state index in [9.17, 15) is 13.2 Å². The summed E-state index contributed by atoms with van der Waals surface area (Å²) in [6, 6.07) is 8.26. The second-order valence-electron chi connectivity index (χ2n) is 8.12. The topological polar surface area (TPSA) is 70.2 Å². The highest BCUT2D eigenvalue weighted by molar-refractivity contribution is 7.89. The van der Waals surface area contributed by atoms with Crippen molar-refractivity contribution in [1.82, 2.24) is 14.1 Å². The molecular weight excluding hydrogens is 378 g/mol. The maximum atomic E-state index is 13.7. The second kappa shape index (κ2) is 7.74. The highest BCUT2D eigenvalue weighted by atomic mass is 32.2. The van der Waals surface area contributed by atoms with Crippen molar-refractivity contribution >= 4 is 15.9 Å². The first-order valence-electron chi connectivity index (χ1n) is 10.1. The number of rotatable bonds is 3. The number of ether oxygens (including phenoxy) is 1. The predicted molar refractivity (Wildman–Crippen MR) is 105 cm³/mol. The molecule has 3 aliphatic rings. The minimum Gasteiger partial charge on any atom is -0.378 e. The van der Waals surface area contributed by atoms with Gasteiger partial charge in [0.15, 0.2) is 0 Å². The molecule has 0 aliphatic carbocycles. The number of nitrogens with zero attached hydrogens (tertiary/aromatic N) is 3. The fourth-order valence-corrected chi connectivity index (χ4v) is 6.68. The van der Waals surface area contributed by atoms with Gasteiger partial charge >= 0.3 is 0 Å². The van der Waals surface area contributed by atoms with Gasteiger partial charge in [0.2, 0.25) is 15.9 Å². The zero-order valence-corrected chi connectivity index (χ0v) is 17.2. The van der Waals surface area contributed by atoms with Crippen molar-refractivity contribution in [2.75, 3.05) is 53.0 Å². The molecule has 3 fully saturated rings. The third-order valence-corrected chi connectivity index (χ3v) is 8.41. The van der Waals surface area contributed by atoms with Crippen LogP contribution >= 0.6 is 0 Å².